The maximum absolute atomic E-state index is 12.8. The topological polar surface area (TPSA) is 63.1 Å². The van der Waals surface area contributed by atoms with E-state index in [0.717, 1.165) is 19.5 Å². The summed E-state index contributed by atoms with van der Waals surface area (Å²) in [5.74, 6) is 0.743. The maximum atomic E-state index is 12.8. The Hall–Kier alpha value is -1.63. The molecule has 0 spiro atoms. The lowest BCUT2D eigenvalue weighted by molar-refractivity contribution is 0.0754. The normalized spacial score (nSPS) is 15.5. The van der Waals surface area contributed by atoms with Gasteiger partial charge in [0.1, 0.15) is 11.5 Å². The van der Waals surface area contributed by atoms with Crippen LogP contribution < -0.4 is 5.32 Å². The van der Waals surface area contributed by atoms with E-state index in [1.165, 1.54) is 0 Å². The zero-order valence-corrected chi connectivity index (χ0v) is 15.8. The van der Waals surface area contributed by atoms with E-state index >= 15 is 0 Å². The summed E-state index contributed by atoms with van der Waals surface area (Å²) in [4.78, 5) is 19.1. The lowest BCUT2D eigenvalue weighted by Gasteiger charge is -2.17. The monoisotopic (exact) mass is 381 g/mol. The fraction of sp³-hybridized carbons (Fsp3) is 0.471. The van der Waals surface area contributed by atoms with Crippen LogP contribution in [0.5, 0.6) is 0 Å². The number of carbonyl (C=O) groups excluding carboxylic acids is 1. The van der Waals surface area contributed by atoms with E-state index < -0.39 is 0 Å². The van der Waals surface area contributed by atoms with Crippen molar-refractivity contribution < 1.29 is 4.79 Å². The number of hydrogen-bond acceptors (Lipinski definition) is 4. The van der Waals surface area contributed by atoms with Gasteiger partial charge in [-0.1, -0.05) is 43.1 Å². The fourth-order valence-corrected chi connectivity index (χ4v) is 3.39. The van der Waals surface area contributed by atoms with Crippen LogP contribution in [-0.2, 0) is 0 Å². The highest BCUT2D eigenvalue weighted by atomic mass is 35.5. The number of nitrogens with zero attached hydrogens (tertiary/aromatic N) is 4. The van der Waals surface area contributed by atoms with Crippen LogP contribution in [0, 0.1) is 0 Å². The molecule has 3 rings (SSSR count). The third-order valence-electron chi connectivity index (χ3n) is 4.12. The van der Waals surface area contributed by atoms with Gasteiger partial charge < -0.3 is 10.2 Å². The van der Waals surface area contributed by atoms with Gasteiger partial charge in [0.2, 0.25) is 5.82 Å². The van der Waals surface area contributed by atoms with Gasteiger partial charge in [0, 0.05) is 25.6 Å². The molecule has 1 N–H and O–H groups in total. The van der Waals surface area contributed by atoms with Gasteiger partial charge in [-0.05, 0) is 25.1 Å². The minimum atomic E-state index is -0.160. The molecular weight excluding hydrogens is 361 g/mol. The van der Waals surface area contributed by atoms with Crippen LogP contribution >= 0.6 is 23.2 Å². The summed E-state index contributed by atoms with van der Waals surface area (Å²) in [6.07, 6.45) is 0.916. The van der Waals surface area contributed by atoms with E-state index in [9.17, 15) is 4.79 Å². The van der Waals surface area contributed by atoms with Gasteiger partial charge in [-0.25, -0.2) is 9.67 Å². The highest BCUT2D eigenvalue weighted by Gasteiger charge is 2.25. The summed E-state index contributed by atoms with van der Waals surface area (Å²) in [6, 6.07) is 5.27. The van der Waals surface area contributed by atoms with Crippen molar-refractivity contribution in [3.8, 4) is 5.69 Å². The molecule has 1 aromatic carbocycles. The van der Waals surface area contributed by atoms with Gasteiger partial charge in [0.25, 0.3) is 5.91 Å². The average molecular weight is 382 g/mol. The van der Waals surface area contributed by atoms with E-state index in [4.69, 9.17) is 23.2 Å². The average Bonchev–Trinajstić information content (AvgIpc) is 2.82. The number of carbonyl (C=O) groups is 1. The van der Waals surface area contributed by atoms with Crippen LogP contribution in [0.15, 0.2) is 18.2 Å². The molecule has 8 heteroatoms. The van der Waals surface area contributed by atoms with Gasteiger partial charge in [-0.3, -0.25) is 4.79 Å². The molecule has 0 bridgehead atoms. The summed E-state index contributed by atoms with van der Waals surface area (Å²) >= 11 is 12.6. The molecule has 1 saturated heterocycles. The molecule has 1 fully saturated rings. The number of rotatable bonds is 3. The van der Waals surface area contributed by atoms with Crippen LogP contribution in [0.25, 0.3) is 5.69 Å². The molecule has 0 atom stereocenters. The van der Waals surface area contributed by atoms with Crippen molar-refractivity contribution in [1.29, 1.82) is 0 Å². The molecule has 1 aliphatic heterocycles. The van der Waals surface area contributed by atoms with Crippen LogP contribution in [0.2, 0.25) is 10.0 Å². The van der Waals surface area contributed by atoms with Crippen LogP contribution in [0.1, 0.15) is 42.6 Å². The Labute approximate surface area is 157 Å². The number of nitrogens with one attached hydrogen (secondary N) is 1. The van der Waals surface area contributed by atoms with Gasteiger partial charge in [0.15, 0.2) is 0 Å². The molecule has 2 aromatic rings. The molecule has 134 valence electrons. The molecule has 1 amide bonds. The second-order valence-electron chi connectivity index (χ2n) is 6.33. The van der Waals surface area contributed by atoms with Crippen molar-refractivity contribution in [2.75, 3.05) is 26.2 Å². The van der Waals surface area contributed by atoms with Crippen LogP contribution in [0.3, 0.4) is 0 Å². The lowest BCUT2D eigenvalue weighted by atomic mass is 10.2. The molecule has 2 heterocycles. The Morgan fingerprint density at radius 1 is 1.20 bits per heavy atom. The smallest absolute Gasteiger partial charge is 0.293 e. The molecular formula is C17H21Cl2N5O. The molecule has 1 aliphatic rings. The van der Waals surface area contributed by atoms with E-state index in [2.05, 4.69) is 15.4 Å². The number of aromatic nitrogens is 3. The molecule has 0 unspecified atom stereocenters. The zero-order chi connectivity index (χ0) is 18.0. The lowest BCUT2D eigenvalue weighted by Crippen LogP contribution is -2.34. The molecule has 0 radical (unpaired) electrons. The van der Waals surface area contributed by atoms with Crippen molar-refractivity contribution in [1.82, 2.24) is 25.0 Å². The highest BCUT2D eigenvalue weighted by molar-refractivity contribution is 6.37. The van der Waals surface area contributed by atoms with Gasteiger partial charge in [-0.15, -0.1) is 5.10 Å². The maximum Gasteiger partial charge on any atom is 0.293 e. The number of para-hydroxylation sites is 1. The second kappa shape index (κ2) is 7.72. The van der Waals surface area contributed by atoms with E-state index in [0.29, 0.717) is 34.6 Å². The SMILES string of the molecule is CC(C)c1nc(C(=O)N2CCCNCC2)nn1-c1c(Cl)cccc1Cl. The van der Waals surface area contributed by atoms with Crippen LogP contribution in [0.4, 0.5) is 0 Å². The van der Waals surface area contributed by atoms with E-state index in [-0.39, 0.29) is 17.6 Å². The first kappa shape index (κ1) is 18.2. The number of amides is 1. The van der Waals surface area contributed by atoms with Gasteiger partial charge in [-0.2, -0.15) is 0 Å². The van der Waals surface area contributed by atoms with Gasteiger partial charge in [0.05, 0.1) is 10.0 Å². The molecule has 0 saturated carbocycles. The summed E-state index contributed by atoms with van der Waals surface area (Å²) in [5.41, 5.74) is 0.554. The number of hydrogen-bond donors (Lipinski definition) is 1. The third kappa shape index (κ3) is 3.81. The zero-order valence-electron chi connectivity index (χ0n) is 14.3. The molecule has 25 heavy (non-hydrogen) atoms. The Morgan fingerprint density at radius 3 is 2.60 bits per heavy atom. The van der Waals surface area contributed by atoms with E-state index in [1.54, 1.807) is 27.8 Å². The molecule has 1 aromatic heterocycles. The summed E-state index contributed by atoms with van der Waals surface area (Å²) in [5, 5.41) is 8.68. The van der Waals surface area contributed by atoms with Crippen molar-refractivity contribution in [3.63, 3.8) is 0 Å². The quantitative estimate of drug-likeness (QED) is 0.886. The first-order chi connectivity index (χ1) is 12.0. The minimum Gasteiger partial charge on any atom is -0.335 e. The van der Waals surface area contributed by atoms with Crippen LogP contribution in [-0.4, -0.2) is 51.8 Å². The predicted octanol–water partition coefficient (Wildman–Crippen LogP) is 3.13. The predicted molar refractivity (Wildman–Crippen MR) is 98.9 cm³/mol. The highest BCUT2D eigenvalue weighted by Crippen LogP contribution is 2.30. The van der Waals surface area contributed by atoms with E-state index in [1.807, 2.05) is 13.8 Å². The standard InChI is InChI=1S/C17H21Cl2N5O/c1-11(2)16-21-15(17(25)23-9-4-7-20-8-10-23)22-24(16)14-12(18)5-3-6-13(14)19/h3,5-6,11,20H,4,7-10H2,1-2H3. The summed E-state index contributed by atoms with van der Waals surface area (Å²) in [7, 11) is 0. The minimum absolute atomic E-state index is 0.0622. The Bertz CT molecular complexity index is 746. The van der Waals surface area contributed by atoms with Crippen molar-refractivity contribution in [2.45, 2.75) is 26.2 Å². The number of benzene rings is 1. The largest absolute Gasteiger partial charge is 0.335 e. The Balaban J connectivity index is 2.01. The third-order valence-corrected chi connectivity index (χ3v) is 4.73. The summed E-state index contributed by atoms with van der Waals surface area (Å²) in [6.45, 7) is 7.03. The van der Waals surface area contributed by atoms with Crippen molar-refractivity contribution in [3.05, 3.63) is 39.9 Å². The second-order valence-corrected chi connectivity index (χ2v) is 7.14. The molecule has 6 nitrogen and oxygen atoms in total. The Morgan fingerprint density at radius 2 is 1.92 bits per heavy atom. The summed E-state index contributed by atoms with van der Waals surface area (Å²) < 4.78 is 1.60. The molecule has 0 aliphatic carbocycles. The first-order valence-electron chi connectivity index (χ1n) is 8.40. The fourth-order valence-electron chi connectivity index (χ4n) is 2.83. The van der Waals surface area contributed by atoms with Gasteiger partial charge >= 0.3 is 0 Å². The van der Waals surface area contributed by atoms with Crippen molar-refractivity contribution in [2.24, 2.45) is 0 Å². The van der Waals surface area contributed by atoms with Crippen molar-refractivity contribution >= 4 is 29.1 Å². The Kier molecular flexibility index (Phi) is 5.61. The number of halogens is 2. The first-order valence-corrected chi connectivity index (χ1v) is 9.16.